The Balaban J connectivity index is 2.04. The zero-order valence-electron chi connectivity index (χ0n) is 16.7. The van der Waals surface area contributed by atoms with Crippen molar-refractivity contribution in [2.45, 2.75) is 11.5 Å². The smallest absolute Gasteiger partial charge is 0.216 e. The molecule has 3 rings (SSSR count). The summed E-state index contributed by atoms with van der Waals surface area (Å²) in [4.78, 5) is -0.517. The first-order chi connectivity index (χ1) is 15.3. The zero-order valence-corrected chi connectivity index (χ0v) is 19.8. The molecule has 0 atom stereocenters. The molecule has 0 aromatic heterocycles. The highest BCUT2D eigenvalue weighted by Gasteiger charge is 2.22. The van der Waals surface area contributed by atoms with Crippen molar-refractivity contribution in [3.8, 4) is 17.6 Å². The zero-order chi connectivity index (χ0) is 23.3. The van der Waals surface area contributed by atoms with E-state index in [1.807, 2.05) is 0 Å². The van der Waals surface area contributed by atoms with Crippen LogP contribution in [0.2, 0.25) is 15.1 Å². The number of nitrogens with zero attached hydrogens (tertiary/aromatic N) is 1. The van der Waals surface area contributed by atoms with Gasteiger partial charge in [0.1, 0.15) is 17.6 Å². The van der Waals surface area contributed by atoms with Gasteiger partial charge in [0.15, 0.2) is 11.5 Å². The molecule has 0 N–H and O–H groups in total. The monoisotopic (exact) mass is 507 g/mol. The Labute approximate surface area is 201 Å². The predicted molar refractivity (Wildman–Crippen MR) is 126 cm³/mol. The van der Waals surface area contributed by atoms with E-state index in [9.17, 15) is 13.7 Å². The molecule has 0 aliphatic rings. The number of hydrogen-bond acceptors (Lipinski definition) is 5. The van der Waals surface area contributed by atoms with Crippen LogP contribution in [0.3, 0.4) is 0 Å². The van der Waals surface area contributed by atoms with Crippen LogP contribution in [0.15, 0.2) is 70.5 Å². The van der Waals surface area contributed by atoms with Crippen LogP contribution in [0.25, 0.3) is 6.08 Å². The molecule has 0 bridgehead atoms. The molecule has 5 nitrogen and oxygen atoms in total. The number of nitriles is 1. The SMILES string of the molecule is COc1cccc(C=C(C#N)S(=O)(=O)c2ccc(Cl)cc2)c1OCc1c(Cl)cccc1Cl. The number of para-hydroxylation sites is 1. The maximum atomic E-state index is 13.0. The van der Waals surface area contributed by atoms with Crippen LogP contribution in [-0.2, 0) is 16.4 Å². The van der Waals surface area contributed by atoms with E-state index in [1.54, 1.807) is 42.5 Å². The lowest BCUT2D eigenvalue weighted by Crippen LogP contribution is -2.04. The number of hydrogen-bond donors (Lipinski definition) is 0. The highest BCUT2D eigenvalue weighted by molar-refractivity contribution is 7.95. The normalized spacial score (nSPS) is 11.7. The summed E-state index contributed by atoms with van der Waals surface area (Å²) in [6.45, 7) is 0.00550. The van der Waals surface area contributed by atoms with Gasteiger partial charge in [-0.25, -0.2) is 8.42 Å². The van der Waals surface area contributed by atoms with Gasteiger partial charge in [-0.2, -0.15) is 5.26 Å². The van der Waals surface area contributed by atoms with E-state index in [-0.39, 0.29) is 17.3 Å². The van der Waals surface area contributed by atoms with Gasteiger partial charge in [0.05, 0.1) is 12.0 Å². The molecule has 0 saturated heterocycles. The Hall–Kier alpha value is -2.69. The minimum atomic E-state index is -4.08. The van der Waals surface area contributed by atoms with Crippen molar-refractivity contribution >= 4 is 50.7 Å². The Morgan fingerprint density at radius 1 is 1.00 bits per heavy atom. The summed E-state index contributed by atoms with van der Waals surface area (Å²) in [5, 5.41) is 10.8. The van der Waals surface area contributed by atoms with Gasteiger partial charge < -0.3 is 9.47 Å². The summed E-state index contributed by atoms with van der Waals surface area (Å²) in [6, 6.07) is 17.3. The molecule has 0 unspecified atom stereocenters. The number of methoxy groups -OCH3 is 1. The summed E-state index contributed by atoms with van der Waals surface area (Å²) in [5.74, 6) is 0.591. The predicted octanol–water partition coefficient (Wildman–Crippen LogP) is 6.57. The molecule has 0 aliphatic carbocycles. The molecular weight excluding hydrogens is 493 g/mol. The van der Waals surface area contributed by atoms with Crippen LogP contribution < -0.4 is 9.47 Å². The number of sulfone groups is 1. The second kappa shape index (κ2) is 10.3. The quantitative estimate of drug-likeness (QED) is 0.337. The van der Waals surface area contributed by atoms with Crippen LogP contribution >= 0.6 is 34.8 Å². The fourth-order valence-electron chi connectivity index (χ4n) is 2.83. The highest BCUT2D eigenvalue weighted by Crippen LogP contribution is 2.36. The third kappa shape index (κ3) is 5.20. The van der Waals surface area contributed by atoms with Crippen molar-refractivity contribution in [3.63, 3.8) is 0 Å². The Bertz CT molecular complexity index is 1290. The van der Waals surface area contributed by atoms with Gasteiger partial charge in [-0.05, 0) is 48.5 Å². The van der Waals surface area contributed by atoms with Gasteiger partial charge in [-0.1, -0.05) is 53.0 Å². The van der Waals surface area contributed by atoms with E-state index >= 15 is 0 Å². The largest absolute Gasteiger partial charge is 0.493 e. The van der Waals surface area contributed by atoms with Crippen molar-refractivity contribution in [1.82, 2.24) is 0 Å². The minimum Gasteiger partial charge on any atom is -0.493 e. The molecule has 0 saturated carbocycles. The molecule has 0 radical (unpaired) electrons. The minimum absolute atomic E-state index is 0.00550. The van der Waals surface area contributed by atoms with Gasteiger partial charge in [0, 0.05) is 26.2 Å². The van der Waals surface area contributed by atoms with Crippen LogP contribution in [0.5, 0.6) is 11.5 Å². The number of rotatable bonds is 7. The standard InChI is InChI=1S/C23H16Cl3NO4S/c1-30-22-7-2-4-15(23(22)31-14-19-20(25)5-3-6-21(19)26)12-18(13-27)32(28,29)17-10-8-16(24)9-11-17/h2-12H,14H2,1H3. The number of ether oxygens (including phenoxy) is 2. The number of benzene rings is 3. The molecule has 0 spiro atoms. The third-order valence-corrected chi connectivity index (χ3v) is 7.10. The second-order valence-corrected chi connectivity index (χ2v) is 9.61. The van der Waals surface area contributed by atoms with Crippen molar-refractivity contribution in [1.29, 1.82) is 5.26 Å². The van der Waals surface area contributed by atoms with Crippen molar-refractivity contribution in [2.24, 2.45) is 0 Å². The summed E-state index contributed by atoms with van der Waals surface area (Å²) < 4.78 is 37.2. The van der Waals surface area contributed by atoms with Crippen LogP contribution in [0.4, 0.5) is 0 Å². The van der Waals surface area contributed by atoms with Gasteiger partial charge in [0.25, 0.3) is 0 Å². The van der Waals surface area contributed by atoms with Gasteiger partial charge in [0.2, 0.25) is 9.84 Å². The average molecular weight is 509 g/mol. The van der Waals surface area contributed by atoms with E-state index in [0.29, 0.717) is 31.9 Å². The molecule has 164 valence electrons. The lowest BCUT2D eigenvalue weighted by atomic mass is 10.1. The Morgan fingerprint density at radius 3 is 2.22 bits per heavy atom. The lowest BCUT2D eigenvalue weighted by molar-refractivity contribution is 0.284. The molecular formula is C23H16Cl3NO4S. The summed E-state index contributed by atoms with van der Waals surface area (Å²) in [6.07, 6.45) is 1.23. The van der Waals surface area contributed by atoms with Crippen LogP contribution in [0, 0.1) is 11.3 Å². The first-order valence-corrected chi connectivity index (χ1v) is 11.7. The molecule has 9 heteroatoms. The van der Waals surface area contributed by atoms with Crippen molar-refractivity contribution in [2.75, 3.05) is 7.11 Å². The maximum Gasteiger partial charge on any atom is 0.216 e. The topological polar surface area (TPSA) is 76.4 Å². The van der Waals surface area contributed by atoms with E-state index in [0.717, 1.165) is 0 Å². The molecule has 32 heavy (non-hydrogen) atoms. The lowest BCUT2D eigenvalue weighted by Gasteiger charge is -2.15. The molecule has 3 aromatic rings. The van der Waals surface area contributed by atoms with Crippen LogP contribution in [-0.4, -0.2) is 15.5 Å². The van der Waals surface area contributed by atoms with Crippen molar-refractivity contribution < 1.29 is 17.9 Å². The number of allylic oxidation sites excluding steroid dienone is 1. The van der Waals surface area contributed by atoms with E-state index in [1.165, 1.54) is 37.5 Å². The average Bonchev–Trinajstić information content (AvgIpc) is 2.77. The first-order valence-electron chi connectivity index (χ1n) is 9.13. The molecule has 3 aromatic carbocycles. The Morgan fingerprint density at radius 2 is 1.62 bits per heavy atom. The second-order valence-electron chi connectivity index (χ2n) is 6.45. The van der Waals surface area contributed by atoms with Gasteiger partial charge in [-0.3, -0.25) is 0 Å². The highest BCUT2D eigenvalue weighted by atomic mass is 35.5. The number of halogens is 3. The summed E-state index contributed by atoms with van der Waals surface area (Å²) >= 11 is 18.3. The van der Waals surface area contributed by atoms with Crippen LogP contribution in [0.1, 0.15) is 11.1 Å². The fourth-order valence-corrected chi connectivity index (χ4v) is 4.61. The molecule has 0 heterocycles. The molecule has 0 aliphatic heterocycles. The van der Waals surface area contributed by atoms with Gasteiger partial charge >= 0.3 is 0 Å². The maximum absolute atomic E-state index is 13.0. The fraction of sp³-hybridized carbons (Fsp3) is 0.0870. The Kier molecular flexibility index (Phi) is 7.70. The summed E-state index contributed by atoms with van der Waals surface area (Å²) in [5.41, 5.74) is 0.896. The van der Waals surface area contributed by atoms with E-state index in [2.05, 4.69) is 0 Å². The van der Waals surface area contributed by atoms with E-state index < -0.39 is 14.7 Å². The van der Waals surface area contributed by atoms with Gasteiger partial charge in [-0.15, -0.1) is 0 Å². The van der Waals surface area contributed by atoms with E-state index in [4.69, 9.17) is 44.3 Å². The summed E-state index contributed by atoms with van der Waals surface area (Å²) in [7, 11) is -2.63. The molecule has 0 amide bonds. The van der Waals surface area contributed by atoms with Crippen molar-refractivity contribution in [3.05, 3.63) is 91.8 Å². The first kappa shape index (κ1) is 24.0. The molecule has 0 fully saturated rings. The third-order valence-electron chi connectivity index (χ3n) is 4.46.